The molecule has 1 aromatic carbocycles. The van der Waals surface area contributed by atoms with Crippen molar-refractivity contribution in [2.24, 2.45) is 0 Å². The molecule has 0 radical (unpaired) electrons. The van der Waals surface area contributed by atoms with Crippen molar-refractivity contribution in [3.05, 3.63) is 23.8 Å². The van der Waals surface area contributed by atoms with Gasteiger partial charge in [-0.05, 0) is 43.9 Å². The Bertz CT molecular complexity index is 359. The van der Waals surface area contributed by atoms with Crippen LogP contribution >= 0.6 is 0 Å². The van der Waals surface area contributed by atoms with Crippen LogP contribution in [0.15, 0.2) is 18.2 Å². The van der Waals surface area contributed by atoms with E-state index in [9.17, 15) is 0 Å². The van der Waals surface area contributed by atoms with Crippen LogP contribution < -0.4 is 14.8 Å². The van der Waals surface area contributed by atoms with E-state index in [1.807, 2.05) is 12.1 Å². The van der Waals surface area contributed by atoms with Gasteiger partial charge in [0, 0.05) is 0 Å². The molecule has 1 aliphatic carbocycles. The first-order valence-electron chi connectivity index (χ1n) is 6.37. The van der Waals surface area contributed by atoms with Gasteiger partial charge in [0.25, 0.3) is 0 Å². The fraction of sp³-hybridized carbons (Fsp3) is 0.571. The quantitative estimate of drug-likeness (QED) is 0.844. The summed E-state index contributed by atoms with van der Waals surface area (Å²) >= 11 is 0. The summed E-state index contributed by atoms with van der Waals surface area (Å²) in [5.41, 5.74) is 1.22. The summed E-state index contributed by atoms with van der Waals surface area (Å²) in [5.74, 6) is 1.86. The fourth-order valence-electron chi connectivity index (χ4n) is 2.53. The Morgan fingerprint density at radius 1 is 1.18 bits per heavy atom. The minimum Gasteiger partial charge on any atom is -0.497 e. The van der Waals surface area contributed by atoms with Crippen molar-refractivity contribution >= 4 is 0 Å². The van der Waals surface area contributed by atoms with Gasteiger partial charge in [-0.1, -0.05) is 0 Å². The van der Waals surface area contributed by atoms with Crippen LogP contribution in [0.3, 0.4) is 0 Å². The largest absolute Gasteiger partial charge is 0.497 e. The second kappa shape index (κ2) is 5.92. The number of methoxy groups -OCH3 is 2. The van der Waals surface area contributed by atoms with Gasteiger partial charge < -0.3 is 14.8 Å². The third kappa shape index (κ3) is 3.13. The van der Waals surface area contributed by atoms with Crippen LogP contribution in [-0.4, -0.2) is 20.3 Å². The lowest BCUT2D eigenvalue weighted by Gasteiger charge is -2.12. The summed E-state index contributed by atoms with van der Waals surface area (Å²) in [6.07, 6.45) is 5.48. The molecule has 94 valence electrons. The molecule has 1 saturated carbocycles. The van der Waals surface area contributed by atoms with Crippen LogP contribution in [0.1, 0.15) is 31.2 Å². The zero-order chi connectivity index (χ0) is 12.1. The Hall–Kier alpha value is -1.22. The van der Waals surface area contributed by atoms with Crippen molar-refractivity contribution in [2.75, 3.05) is 14.2 Å². The van der Waals surface area contributed by atoms with Crippen LogP contribution in [0.5, 0.6) is 11.5 Å². The summed E-state index contributed by atoms with van der Waals surface area (Å²) in [4.78, 5) is 0. The molecule has 3 nitrogen and oxygen atoms in total. The van der Waals surface area contributed by atoms with E-state index in [2.05, 4.69) is 11.4 Å². The first-order valence-corrected chi connectivity index (χ1v) is 6.37. The normalized spacial score (nSPS) is 16.1. The van der Waals surface area contributed by atoms with Crippen LogP contribution in [0, 0.1) is 0 Å². The molecule has 0 spiro atoms. The Morgan fingerprint density at radius 3 is 2.59 bits per heavy atom. The monoisotopic (exact) mass is 236 g/mol. The highest BCUT2D eigenvalue weighted by Gasteiger charge is 2.18. The van der Waals surface area contributed by atoms with Crippen molar-refractivity contribution in [1.82, 2.24) is 0 Å². The van der Waals surface area contributed by atoms with Gasteiger partial charge in [0.1, 0.15) is 18.0 Å². The number of benzene rings is 1. The van der Waals surface area contributed by atoms with Crippen molar-refractivity contribution in [3.63, 3.8) is 0 Å². The van der Waals surface area contributed by atoms with E-state index >= 15 is 0 Å². The zero-order valence-electron chi connectivity index (χ0n) is 10.7. The van der Waals surface area contributed by atoms with E-state index in [1.54, 1.807) is 14.2 Å². The van der Waals surface area contributed by atoms with Crippen LogP contribution in [0.2, 0.25) is 0 Å². The van der Waals surface area contributed by atoms with Crippen LogP contribution in [-0.2, 0) is 6.54 Å². The lowest BCUT2D eigenvalue weighted by Crippen LogP contribution is -2.87. The summed E-state index contributed by atoms with van der Waals surface area (Å²) < 4.78 is 10.6. The molecule has 0 amide bonds. The van der Waals surface area contributed by atoms with Gasteiger partial charge in [0.2, 0.25) is 0 Å². The van der Waals surface area contributed by atoms with E-state index in [1.165, 1.54) is 31.2 Å². The third-order valence-electron chi connectivity index (χ3n) is 3.56. The van der Waals surface area contributed by atoms with E-state index in [4.69, 9.17) is 9.47 Å². The van der Waals surface area contributed by atoms with Gasteiger partial charge in [-0.2, -0.15) is 0 Å². The average Bonchev–Trinajstić information content (AvgIpc) is 2.89. The van der Waals surface area contributed by atoms with Gasteiger partial charge in [0.15, 0.2) is 0 Å². The Labute approximate surface area is 103 Å². The number of quaternary nitrogens is 1. The molecule has 1 aromatic rings. The van der Waals surface area contributed by atoms with Gasteiger partial charge in [-0.15, -0.1) is 0 Å². The average molecular weight is 236 g/mol. The van der Waals surface area contributed by atoms with Crippen LogP contribution in [0.4, 0.5) is 0 Å². The van der Waals surface area contributed by atoms with Crippen molar-refractivity contribution < 1.29 is 14.8 Å². The highest BCUT2D eigenvalue weighted by Crippen LogP contribution is 2.23. The Kier molecular flexibility index (Phi) is 4.26. The summed E-state index contributed by atoms with van der Waals surface area (Å²) in [7, 11) is 3.42. The minimum absolute atomic E-state index is 0.797. The lowest BCUT2D eigenvalue weighted by atomic mass is 10.1. The van der Waals surface area contributed by atoms with Crippen molar-refractivity contribution in [3.8, 4) is 11.5 Å². The second-order valence-electron chi connectivity index (χ2n) is 4.66. The number of hydrogen-bond donors (Lipinski definition) is 1. The first kappa shape index (κ1) is 12.2. The molecule has 0 aromatic heterocycles. The zero-order valence-corrected chi connectivity index (χ0v) is 10.7. The van der Waals surface area contributed by atoms with Gasteiger partial charge in [0.05, 0.1) is 25.8 Å². The standard InChI is InChI=1S/C14H21NO2/c1-16-13-7-8-14(17-2)11(9-13)10-15-12-5-3-4-6-12/h7-9,12,15H,3-6,10H2,1-2H3/p+1. The smallest absolute Gasteiger partial charge is 0.127 e. The van der Waals surface area contributed by atoms with Crippen molar-refractivity contribution in [1.29, 1.82) is 0 Å². The van der Waals surface area contributed by atoms with E-state index in [0.717, 1.165) is 24.1 Å². The maximum absolute atomic E-state index is 5.38. The predicted molar refractivity (Wildman–Crippen MR) is 67.4 cm³/mol. The molecule has 0 atom stereocenters. The number of rotatable bonds is 5. The molecule has 0 saturated heterocycles. The molecular formula is C14H22NO2+. The maximum atomic E-state index is 5.38. The number of hydrogen-bond acceptors (Lipinski definition) is 2. The fourth-order valence-corrected chi connectivity index (χ4v) is 2.53. The lowest BCUT2D eigenvalue weighted by molar-refractivity contribution is -0.703. The second-order valence-corrected chi connectivity index (χ2v) is 4.66. The summed E-state index contributed by atoms with van der Waals surface area (Å²) in [5, 5.41) is 2.43. The molecule has 2 rings (SSSR count). The van der Waals surface area contributed by atoms with E-state index < -0.39 is 0 Å². The highest BCUT2D eigenvalue weighted by molar-refractivity contribution is 5.39. The molecule has 0 aliphatic heterocycles. The molecule has 0 bridgehead atoms. The number of nitrogens with two attached hydrogens (primary N) is 1. The van der Waals surface area contributed by atoms with Gasteiger partial charge >= 0.3 is 0 Å². The number of ether oxygens (including phenoxy) is 2. The van der Waals surface area contributed by atoms with E-state index in [-0.39, 0.29) is 0 Å². The predicted octanol–water partition coefficient (Wildman–Crippen LogP) is 1.71. The molecule has 0 heterocycles. The van der Waals surface area contributed by atoms with Gasteiger partial charge in [-0.25, -0.2) is 0 Å². The summed E-state index contributed by atoms with van der Waals surface area (Å²) in [6.45, 7) is 0.977. The first-order chi connectivity index (χ1) is 8.33. The molecule has 0 unspecified atom stereocenters. The SMILES string of the molecule is COc1ccc(OC)c(C[NH2+]C2CCCC2)c1. The molecule has 17 heavy (non-hydrogen) atoms. The summed E-state index contributed by atoms with van der Waals surface area (Å²) in [6, 6.07) is 6.80. The molecule has 3 heteroatoms. The van der Waals surface area contributed by atoms with E-state index in [0.29, 0.717) is 0 Å². The van der Waals surface area contributed by atoms with Crippen molar-refractivity contribution in [2.45, 2.75) is 38.3 Å². The third-order valence-corrected chi connectivity index (χ3v) is 3.56. The topological polar surface area (TPSA) is 35.1 Å². The Balaban J connectivity index is 2.01. The van der Waals surface area contributed by atoms with Crippen LogP contribution in [0.25, 0.3) is 0 Å². The highest BCUT2D eigenvalue weighted by atomic mass is 16.5. The molecule has 2 N–H and O–H groups in total. The molecule has 1 fully saturated rings. The minimum atomic E-state index is 0.797. The molecular weight excluding hydrogens is 214 g/mol. The van der Waals surface area contributed by atoms with Gasteiger partial charge in [-0.3, -0.25) is 0 Å². The Morgan fingerprint density at radius 2 is 1.94 bits per heavy atom. The molecule has 1 aliphatic rings. The maximum Gasteiger partial charge on any atom is 0.127 e.